The van der Waals surface area contributed by atoms with E-state index in [4.69, 9.17) is 5.14 Å². The smallest absolute Gasteiger partial charge is 0.389 e. The maximum Gasteiger partial charge on any atom is 0.416 e. The number of likely N-dealkylation sites (tertiary alicyclic amines) is 1. The quantitative estimate of drug-likeness (QED) is 0.359. The zero-order valence-electron chi connectivity index (χ0n) is 21.2. The minimum atomic E-state index is -4.51. The van der Waals surface area contributed by atoms with Gasteiger partial charge < -0.3 is 10.0 Å². The average molecular weight is 570 g/mol. The van der Waals surface area contributed by atoms with Crippen molar-refractivity contribution in [3.63, 3.8) is 0 Å². The van der Waals surface area contributed by atoms with E-state index in [0.29, 0.717) is 10.9 Å². The highest BCUT2D eigenvalue weighted by Gasteiger charge is 2.38. The predicted molar refractivity (Wildman–Crippen MR) is 144 cm³/mol. The summed E-state index contributed by atoms with van der Waals surface area (Å²) in [6.07, 6.45) is -2.87. The molecule has 4 aromatic rings. The van der Waals surface area contributed by atoms with Crippen LogP contribution in [0.5, 0.6) is 0 Å². The van der Waals surface area contributed by atoms with Crippen LogP contribution in [0, 0.1) is 0 Å². The van der Waals surface area contributed by atoms with Crippen LogP contribution in [-0.4, -0.2) is 48.0 Å². The molecular weight excluding hydrogens is 543 g/mol. The topological polar surface area (TPSA) is 114 Å². The molecular formula is C29H26F3N3O4S. The van der Waals surface area contributed by atoms with Gasteiger partial charge in [0.25, 0.3) is 5.91 Å². The van der Waals surface area contributed by atoms with E-state index in [1.165, 1.54) is 30.5 Å². The fraction of sp³-hybridized carbons (Fsp3) is 0.241. The number of carbonyl (C=O) groups is 1. The van der Waals surface area contributed by atoms with E-state index in [1.807, 2.05) is 0 Å². The summed E-state index contributed by atoms with van der Waals surface area (Å²) in [5.41, 5.74) is 0.0582. The summed E-state index contributed by atoms with van der Waals surface area (Å²) in [6.45, 7) is 0.410. The van der Waals surface area contributed by atoms with Crippen LogP contribution >= 0.6 is 0 Å². The molecule has 2 heterocycles. The number of amides is 1. The van der Waals surface area contributed by atoms with Crippen molar-refractivity contribution in [1.29, 1.82) is 0 Å². The summed E-state index contributed by atoms with van der Waals surface area (Å²) >= 11 is 0. The molecule has 0 saturated carbocycles. The highest BCUT2D eigenvalue weighted by Crippen LogP contribution is 2.36. The number of pyridine rings is 1. The van der Waals surface area contributed by atoms with Gasteiger partial charge in [-0.1, -0.05) is 42.5 Å². The van der Waals surface area contributed by atoms with Gasteiger partial charge in [0.1, 0.15) is 4.90 Å². The Morgan fingerprint density at radius 1 is 0.975 bits per heavy atom. The van der Waals surface area contributed by atoms with Crippen molar-refractivity contribution in [3.8, 4) is 11.1 Å². The number of aliphatic hydroxyl groups is 1. The van der Waals surface area contributed by atoms with Crippen LogP contribution in [0.15, 0.2) is 83.9 Å². The summed E-state index contributed by atoms with van der Waals surface area (Å²) in [4.78, 5) is 18.9. The van der Waals surface area contributed by atoms with Crippen LogP contribution in [-0.2, 0) is 22.6 Å². The SMILES string of the molecule is NS(=O)(=O)c1ccc(-c2ccc(C(=O)N3CCC(O)(Cc4ccccc4C(F)(F)F)CC3)cc2)c2cccnc12. The number of sulfonamides is 1. The van der Waals surface area contributed by atoms with Gasteiger partial charge in [0, 0.05) is 36.7 Å². The molecule has 1 aromatic heterocycles. The van der Waals surface area contributed by atoms with E-state index < -0.39 is 27.4 Å². The maximum atomic E-state index is 13.4. The van der Waals surface area contributed by atoms with Crippen LogP contribution in [0.2, 0.25) is 0 Å². The number of alkyl halides is 3. The predicted octanol–water partition coefficient (Wildman–Crippen LogP) is 4.78. The second-order valence-corrected chi connectivity index (χ2v) is 11.5. The Bertz CT molecular complexity index is 1680. The van der Waals surface area contributed by atoms with Crippen molar-refractivity contribution in [2.45, 2.75) is 35.9 Å². The number of halogens is 3. The molecule has 0 unspecified atom stereocenters. The van der Waals surface area contributed by atoms with E-state index in [-0.39, 0.29) is 54.2 Å². The van der Waals surface area contributed by atoms with Gasteiger partial charge in [-0.2, -0.15) is 13.2 Å². The molecule has 1 aliphatic rings. The Kier molecular flexibility index (Phi) is 7.15. The Morgan fingerprint density at radius 2 is 1.65 bits per heavy atom. The van der Waals surface area contributed by atoms with Gasteiger partial charge in [0.15, 0.2) is 0 Å². The van der Waals surface area contributed by atoms with Gasteiger partial charge in [-0.3, -0.25) is 9.78 Å². The van der Waals surface area contributed by atoms with Crippen molar-refractivity contribution >= 4 is 26.8 Å². The normalized spacial score (nSPS) is 15.8. The fourth-order valence-corrected chi connectivity index (χ4v) is 5.90. The van der Waals surface area contributed by atoms with E-state index in [0.717, 1.165) is 17.2 Å². The number of carbonyl (C=O) groups excluding carboxylic acids is 1. The van der Waals surface area contributed by atoms with Crippen molar-refractivity contribution in [2.75, 3.05) is 13.1 Å². The zero-order valence-corrected chi connectivity index (χ0v) is 22.0. The number of nitrogens with two attached hydrogens (primary N) is 1. The number of benzene rings is 3. The molecule has 1 saturated heterocycles. The third kappa shape index (κ3) is 5.58. The van der Waals surface area contributed by atoms with E-state index in [1.54, 1.807) is 47.4 Å². The van der Waals surface area contributed by atoms with Gasteiger partial charge in [-0.05, 0) is 59.9 Å². The van der Waals surface area contributed by atoms with E-state index in [2.05, 4.69) is 4.98 Å². The number of aromatic nitrogens is 1. The van der Waals surface area contributed by atoms with Gasteiger partial charge in [-0.25, -0.2) is 13.6 Å². The molecule has 1 fully saturated rings. The van der Waals surface area contributed by atoms with Crippen LogP contribution in [0.25, 0.3) is 22.0 Å². The van der Waals surface area contributed by atoms with Gasteiger partial charge in [-0.15, -0.1) is 0 Å². The molecule has 11 heteroatoms. The van der Waals surface area contributed by atoms with Crippen molar-refractivity contribution in [3.05, 3.63) is 95.7 Å². The number of fused-ring (bicyclic) bond motifs is 1. The molecule has 0 aliphatic carbocycles. The lowest BCUT2D eigenvalue weighted by atomic mass is 9.83. The van der Waals surface area contributed by atoms with Crippen LogP contribution < -0.4 is 5.14 Å². The maximum absolute atomic E-state index is 13.4. The molecule has 7 nitrogen and oxygen atoms in total. The van der Waals surface area contributed by atoms with E-state index in [9.17, 15) is 31.5 Å². The largest absolute Gasteiger partial charge is 0.416 e. The summed E-state index contributed by atoms with van der Waals surface area (Å²) in [6, 6.07) is 18.5. The number of rotatable bonds is 5. The van der Waals surface area contributed by atoms with E-state index >= 15 is 0 Å². The molecule has 3 aromatic carbocycles. The number of piperidine rings is 1. The summed E-state index contributed by atoms with van der Waals surface area (Å²) in [7, 11) is -3.97. The standard InChI is InChI=1S/C29H26F3N3O4S/c30-29(31,32)24-6-2-1-4-21(24)18-28(37)13-16-35(17-14-28)27(36)20-9-7-19(8-10-20)22-11-12-25(40(33,38)39)26-23(22)5-3-15-34-26/h1-12,15,37H,13-14,16-18H2,(H2,33,38,39). The number of hydrogen-bond acceptors (Lipinski definition) is 5. The molecule has 0 spiro atoms. The highest BCUT2D eigenvalue weighted by molar-refractivity contribution is 7.89. The average Bonchev–Trinajstić information content (AvgIpc) is 2.91. The minimum Gasteiger partial charge on any atom is -0.389 e. The third-order valence-corrected chi connectivity index (χ3v) is 8.25. The second kappa shape index (κ2) is 10.3. The first kappa shape index (κ1) is 27.8. The van der Waals surface area contributed by atoms with Crippen LogP contribution in [0.3, 0.4) is 0 Å². The summed E-state index contributed by atoms with van der Waals surface area (Å²) < 4.78 is 64.2. The Balaban J connectivity index is 1.31. The highest BCUT2D eigenvalue weighted by atomic mass is 32.2. The zero-order chi connectivity index (χ0) is 28.7. The van der Waals surface area contributed by atoms with Crippen LogP contribution in [0.4, 0.5) is 13.2 Å². The monoisotopic (exact) mass is 569 g/mol. The van der Waals surface area contributed by atoms with Crippen LogP contribution in [0.1, 0.15) is 34.3 Å². The number of hydrogen-bond donors (Lipinski definition) is 2. The minimum absolute atomic E-state index is 0.0349. The van der Waals surface area contributed by atoms with Crippen molar-refractivity contribution in [1.82, 2.24) is 9.88 Å². The molecule has 5 rings (SSSR count). The van der Waals surface area contributed by atoms with Gasteiger partial charge in [0.05, 0.1) is 16.7 Å². The molecule has 40 heavy (non-hydrogen) atoms. The molecule has 3 N–H and O–H groups in total. The van der Waals surface area contributed by atoms with Gasteiger partial charge >= 0.3 is 6.18 Å². The third-order valence-electron chi connectivity index (χ3n) is 7.31. The molecule has 1 amide bonds. The molecule has 1 aliphatic heterocycles. The van der Waals surface area contributed by atoms with Crippen molar-refractivity contribution in [2.24, 2.45) is 5.14 Å². The first-order chi connectivity index (χ1) is 18.9. The number of primary sulfonamides is 1. The molecule has 0 radical (unpaired) electrons. The fourth-order valence-electron chi connectivity index (χ4n) is 5.21. The Hall–Kier alpha value is -3.80. The first-order valence-electron chi connectivity index (χ1n) is 12.5. The molecule has 208 valence electrons. The van der Waals surface area contributed by atoms with Gasteiger partial charge in [0.2, 0.25) is 10.0 Å². The second-order valence-electron chi connectivity index (χ2n) is 9.98. The van der Waals surface area contributed by atoms with Crippen molar-refractivity contribution < 1.29 is 31.5 Å². The lowest BCUT2D eigenvalue weighted by molar-refractivity contribution is -0.138. The Labute approximate surface area is 229 Å². The first-order valence-corrected chi connectivity index (χ1v) is 14.1. The summed E-state index contributed by atoms with van der Waals surface area (Å²) in [5, 5.41) is 17.0. The Morgan fingerprint density at radius 3 is 2.30 bits per heavy atom. The molecule has 0 atom stereocenters. The molecule has 0 bridgehead atoms. The summed E-state index contributed by atoms with van der Waals surface area (Å²) in [5.74, 6) is -0.250. The lowest BCUT2D eigenvalue weighted by Gasteiger charge is -2.38. The lowest BCUT2D eigenvalue weighted by Crippen LogP contribution is -2.48. The number of nitrogens with zero attached hydrogens (tertiary/aromatic N) is 2.